The maximum atomic E-state index is 13.0. The van der Waals surface area contributed by atoms with Gasteiger partial charge in [-0.05, 0) is 90.6 Å². The topological polar surface area (TPSA) is 53.0 Å². The van der Waals surface area contributed by atoms with Crippen molar-refractivity contribution >= 4 is 40.4 Å². The second kappa shape index (κ2) is 17.3. The molecule has 2 aliphatic rings. The number of hydrogen-bond donors (Lipinski definition) is 1. The van der Waals surface area contributed by atoms with Crippen molar-refractivity contribution in [1.29, 1.82) is 0 Å². The minimum absolute atomic E-state index is 0.0157. The minimum Gasteiger partial charge on any atom is -0.497 e. The fraction of sp³-hybridized carbons (Fsp3) is 0.500. The number of carbonyl (C=O) groups is 1. The lowest BCUT2D eigenvalue weighted by molar-refractivity contribution is -0.0320. The summed E-state index contributed by atoms with van der Waals surface area (Å²) < 4.78 is 5.31. The van der Waals surface area contributed by atoms with E-state index in [1.165, 1.54) is 5.56 Å². The molecule has 2 atom stereocenters. The van der Waals surface area contributed by atoms with E-state index in [1.807, 2.05) is 53.8 Å². The zero-order valence-electron chi connectivity index (χ0n) is 25.4. The molecule has 2 aliphatic heterocycles. The molecule has 5 rings (SSSR count). The number of aryl methyl sites for hydroxylation is 1. The Morgan fingerprint density at radius 1 is 1.02 bits per heavy atom. The smallest absolute Gasteiger partial charge is 0.253 e. The Morgan fingerprint density at radius 3 is 2.36 bits per heavy atom. The first-order chi connectivity index (χ1) is 20.3. The summed E-state index contributed by atoms with van der Waals surface area (Å²) in [4.78, 5) is 17.4. The molecule has 0 radical (unpaired) electrons. The van der Waals surface area contributed by atoms with E-state index >= 15 is 0 Å². The predicted molar refractivity (Wildman–Crippen MR) is 177 cm³/mol. The molecule has 0 saturated carbocycles. The number of amides is 1. The number of likely N-dealkylation sites (tertiary alicyclic amines) is 2. The van der Waals surface area contributed by atoms with E-state index in [0.29, 0.717) is 27.4 Å². The van der Waals surface area contributed by atoms with Gasteiger partial charge in [-0.3, -0.25) is 4.79 Å². The van der Waals surface area contributed by atoms with Gasteiger partial charge in [-0.2, -0.15) is 11.3 Å². The van der Waals surface area contributed by atoms with E-state index in [1.54, 1.807) is 36.6 Å². The van der Waals surface area contributed by atoms with Crippen molar-refractivity contribution in [2.24, 2.45) is 11.8 Å². The molecule has 3 heterocycles. The summed E-state index contributed by atoms with van der Waals surface area (Å²) >= 11 is 13.8. The van der Waals surface area contributed by atoms with Crippen LogP contribution >= 0.6 is 34.5 Å². The number of piperidine rings is 1. The van der Waals surface area contributed by atoms with Gasteiger partial charge in [0.2, 0.25) is 0 Å². The summed E-state index contributed by atoms with van der Waals surface area (Å²) in [5, 5.41) is 16.1. The molecule has 42 heavy (non-hydrogen) atoms. The maximum absolute atomic E-state index is 13.0. The number of nitrogens with zero attached hydrogens (tertiary/aromatic N) is 2. The molecule has 3 aromatic rings. The highest BCUT2D eigenvalue weighted by molar-refractivity contribution is 7.07. The third kappa shape index (κ3) is 10.3. The van der Waals surface area contributed by atoms with Gasteiger partial charge in [-0.15, -0.1) is 0 Å². The van der Waals surface area contributed by atoms with E-state index in [4.69, 9.17) is 27.9 Å². The lowest BCUT2D eigenvalue weighted by Gasteiger charge is -2.39. The van der Waals surface area contributed by atoms with Crippen molar-refractivity contribution in [1.82, 2.24) is 9.80 Å². The summed E-state index contributed by atoms with van der Waals surface area (Å²) in [6, 6.07) is 17.3. The van der Waals surface area contributed by atoms with Crippen molar-refractivity contribution in [2.75, 3.05) is 39.8 Å². The molecule has 2 unspecified atom stereocenters. The van der Waals surface area contributed by atoms with Crippen LogP contribution < -0.4 is 4.74 Å². The molecule has 5 nitrogen and oxygen atoms in total. The third-order valence-electron chi connectivity index (χ3n) is 8.17. The normalized spacial score (nSPS) is 19.7. The Balaban J connectivity index is 0.000000615. The molecule has 2 saturated heterocycles. The quantitative estimate of drug-likeness (QED) is 0.271. The van der Waals surface area contributed by atoms with Gasteiger partial charge in [0, 0.05) is 38.3 Å². The molecule has 0 spiro atoms. The summed E-state index contributed by atoms with van der Waals surface area (Å²) in [6.45, 7) is 10.5. The van der Waals surface area contributed by atoms with E-state index in [2.05, 4.69) is 24.0 Å². The number of benzene rings is 2. The largest absolute Gasteiger partial charge is 0.497 e. The molecule has 2 fully saturated rings. The van der Waals surface area contributed by atoms with Gasteiger partial charge in [0.15, 0.2) is 0 Å². The van der Waals surface area contributed by atoms with Gasteiger partial charge in [0.25, 0.3) is 5.91 Å². The van der Waals surface area contributed by atoms with Crippen LogP contribution in [0.4, 0.5) is 0 Å². The summed E-state index contributed by atoms with van der Waals surface area (Å²) in [5.74, 6) is 1.77. The Labute approximate surface area is 266 Å². The van der Waals surface area contributed by atoms with Gasteiger partial charge in [-0.25, -0.2) is 0 Å². The number of hydrogen-bond acceptors (Lipinski definition) is 5. The lowest BCUT2D eigenvalue weighted by Crippen LogP contribution is -2.46. The Bertz CT molecular complexity index is 1200. The number of halogens is 2. The van der Waals surface area contributed by atoms with Gasteiger partial charge in [0.05, 0.1) is 22.8 Å². The number of aliphatic hydroxyl groups is 1. The fourth-order valence-electron chi connectivity index (χ4n) is 5.66. The summed E-state index contributed by atoms with van der Waals surface area (Å²) in [5.41, 5.74) is 1.26. The second-order valence-electron chi connectivity index (χ2n) is 11.1. The zero-order valence-corrected chi connectivity index (χ0v) is 27.7. The van der Waals surface area contributed by atoms with Crippen LogP contribution in [-0.4, -0.2) is 66.2 Å². The monoisotopic (exact) mass is 632 g/mol. The average molecular weight is 634 g/mol. The first kappa shape index (κ1) is 34.4. The second-order valence-corrected chi connectivity index (χ2v) is 12.7. The standard InChI is InChI=1S/C28H36Cl2N2O3.C4H4S.C2H6/c1-20-17-32(27(33)22-8-9-25(29)26(30)16-22)19-23(20)18-31-13-11-28(34,12-14-31)10-4-6-21-5-3-7-24(15-21)35-2;1-2-4-5-3-1;1-2/h3,5,7-9,15-16,20,23,34H,4,6,10-14,17-19H2,1-2H3;1-4H;1-2H3. The van der Waals surface area contributed by atoms with Crippen molar-refractivity contribution in [3.05, 3.63) is 86.5 Å². The van der Waals surface area contributed by atoms with Crippen molar-refractivity contribution in [3.8, 4) is 5.75 Å². The van der Waals surface area contributed by atoms with Crippen molar-refractivity contribution < 1.29 is 14.6 Å². The number of rotatable bonds is 8. The summed E-state index contributed by atoms with van der Waals surface area (Å²) in [7, 11) is 1.69. The van der Waals surface area contributed by atoms with E-state index in [9.17, 15) is 9.90 Å². The van der Waals surface area contributed by atoms with Crippen LogP contribution in [0, 0.1) is 11.8 Å². The third-order valence-corrected chi connectivity index (χ3v) is 9.54. The predicted octanol–water partition coefficient (Wildman–Crippen LogP) is 8.33. The van der Waals surface area contributed by atoms with Crippen LogP contribution in [0.1, 0.15) is 62.4 Å². The fourth-order valence-corrected chi connectivity index (χ4v) is 6.41. The zero-order chi connectivity index (χ0) is 30.5. The molecule has 1 amide bonds. The van der Waals surface area contributed by atoms with Crippen LogP contribution in [0.5, 0.6) is 5.75 Å². The lowest BCUT2D eigenvalue weighted by atomic mass is 9.85. The van der Waals surface area contributed by atoms with Gasteiger partial charge >= 0.3 is 0 Å². The number of thiophene rings is 1. The van der Waals surface area contributed by atoms with Gasteiger partial charge in [0.1, 0.15) is 5.75 Å². The van der Waals surface area contributed by atoms with E-state index in [0.717, 1.165) is 70.6 Å². The Morgan fingerprint density at radius 2 is 1.74 bits per heavy atom. The highest BCUT2D eigenvalue weighted by Crippen LogP contribution is 2.32. The van der Waals surface area contributed by atoms with Crippen molar-refractivity contribution in [2.45, 2.75) is 58.5 Å². The molecule has 8 heteroatoms. The molecular weight excluding hydrogens is 587 g/mol. The highest BCUT2D eigenvalue weighted by Gasteiger charge is 2.37. The van der Waals surface area contributed by atoms with Crippen LogP contribution in [0.2, 0.25) is 10.0 Å². The SMILES string of the molecule is CC.COc1cccc(CCCC2(O)CCN(CC3CN(C(=O)c4ccc(Cl)c(Cl)c4)CC3C)CC2)c1.c1ccsc1. The van der Waals surface area contributed by atoms with Crippen LogP contribution in [0.25, 0.3) is 0 Å². The summed E-state index contributed by atoms with van der Waals surface area (Å²) in [6.07, 6.45) is 4.35. The van der Waals surface area contributed by atoms with Crippen molar-refractivity contribution in [3.63, 3.8) is 0 Å². The molecule has 2 aromatic carbocycles. The van der Waals surface area contributed by atoms with E-state index in [-0.39, 0.29) is 5.91 Å². The number of carbonyl (C=O) groups excluding carboxylic acids is 1. The molecule has 1 aromatic heterocycles. The van der Waals surface area contributed by atoms with E-state index < -0.39 is 5.60 Å². The molecule has 0 bridgehead atoms. The number of ether oxygens (including phenoxy) is 1. The number of methoxy groups -OCH3 is 1. The first-order valence-corrected chi connectivity index (χ1v) is 16.8. The van der Waals surface area contributed by atoms with Gasteiger partial charge < -0.3 is 19.6 Å². The first-order valence-electron chi connectivity index (χ1n) is 15.1. The maximum Gasteiger partial charge on any atom is 0.253 e. The minimum atomic E-state index is -0.577. The highest BCUT2D eigenvalue weighted by atomic mass is 35.5. The Kier molecular flexibility index (Phi) is 14.1. The molecular formula is C34H46Cl2N2O3S. The molecule has 230 valence electrons. The average Bonchev–Trinajstić information content (AvgIpc) is 3.71. The molecule has 0 aliphatic carbocycles. The van der Waals surface area contributed by atoms with Crippen LogP contribution in [0.3, 0.4) is 0 Å². The Hall–Kier alpha value is -2.09. The van der Waals surface area contributed by atoms with Gasteiger partial charge in [-0.1, -0.05) is 68.2 Å². The van der Waals surface area contributed by atoms with Crippen LogP contribution in [-0.2, 0) is 6.42 Å². The van der Waals surface area contributed by atoms with Crippen LogP contribution in [0.15, 0.2) is 65.4 Å². The molecule has 1 N–H and O–H groups in total.